The predicted octanol–water partition coefficient (Wildman–Crippen LogP) is 5.16. The molecule has 7 nitrogen and oxygen atoms in total. The van der Waals surface area contributed by atoms with Crippen LogP contribution in [0.1, 0.15) is 18.4 Å². The van der Waals surface area contributed by atoms with Crippen LogP contribution in [0.4, 0.5) is 18.9 Å². The molecule has 1 aromatic heterocycles. The van der Waals surface area contributed by atoms with Gasteiger partial charge < -0.3 is 19.7 Å². The number of nitrogens with one attached hydrogen (secondary N) is 1. The van der Waals surface area contributed by atoms with Gasteiger partial charge in [-0.1, -0.05) is 16.8 Å². The Bertz CT molecular complexity index is 1130. The third kappa shape index (κ3) is 4.91. The molecule has 1 atom stereocenters. The normalized spacial score (nSPS) is 15.4. The molecular formula is C20H15ClF3N3O4. The highest BCUT2D eigenvalue weighted by atomic mass is 35.5. The van der Waals surface area contributed by atoms with Crippen LogP contribution >= 0.6 is 11.6 Å². The van der Waals surface area contributed by atoms with Gasteiger partial charge in [0.15, 0.2) is 0 Å². The Morgan fingerprint density at radius 1 is 1.26 bits per heavy atom. The van der Waals surface area contributed by atoms with Crippen LogP contribution in [0, 0.1) is 0 Å². The van der Waals surface area contributed by atoms with Gasteiger partial charge in [0.05, 0.1) is 5.02 Å². The van der Waals surface area contributed by atoms with Gasteiger partial charge in [0.25, 0.3) is 5.89 Å². The molecule has 162 valence electrons. The van der Waals surface area contributed by atoms with Gasteiger partial charge in [0, 0.05) is 29.3 Å². The van der Waals surface area contributed by atoms with Crippen molar-refractivity contribution in [2.24, 2.45) is 0 Å². The lowest BCUT2D eigenvalue weighted by Crippen LogP contribution is -2.17. The van der Waals surface area contributed by atoms with E-state index in [1.54, 1.807) is 6.07 Å². The van der Waals surface area contributed by atoms with Gasteiger partial charge in [-0.3, -0.25) is 4.79 Å². The van der Waals surface area contributed by atoms with Crippen molar-refractivity contribution in [3.63, 3.8) is 0 Å². The molecular weight excluding hydrogens is 439 g/mol. The minimum absolute atomic E-state index is 0.0108. The zero-order valence-electron chi connectivity index (χ0n) is 15.7. The van der Waals surface area contributed by atoms with E-state index in [-0.39, 0.29) is 34.8 Å². The molecule has 0 radical (unpaired) electrons. The number of nitrogens with zero attached hydrogens (tertiary/aromatic N) is 2. The molecule has 0 amide bonds. The van der Waals surface area contributed by atoms with E-state index in [1.165, 1.54) is 12.1 Å². The molecule has 0 bridgehead atoms. The van der Waals surface area contributed by atoms with E-state index in [2.05, 4.69) is 20.2 Å². The first kappa shape index (κ1) is 21.0. The van der Waals surface area contributed by atoms with Gasteiger partial charge in [-0.15, -0.1) is 13.2 Å². The minimum Gasteiger partial charge on any atom is -0.481 e. The van der Waals surface area contributed by atoms with Gasteiger partial charge in [-0.05, 0) is 54.8 Å². The molecule has 1 aliphatic rings. The summed E-state index contributed by atoms with van der Waals surface area (Å²) in [6, 6.07) is 9.30. The fourth-order valence-corrected chi connectivity index (χ4v) is 3.50. The summed E-state index contributed by atoms with van der Waals surface area (Å²) in [5.41, 5.74) is 2.79. The number of carbonyl (C=O) groups is 1. The summed E-state index contributed by atoms with van der Waals surface area (Å²) >= 11 is 5.77. The summed E-state index contributed by atoms with van der Waals surface area (Å²) < 4.78 is 46.7. The van der Waals surface area contributed by atoms with Crippen LogP contribution in [0.5, 0.6) is 5.75 Å². The van der Waals surface area contributed by atoms with Crippen LogP contribution in [-0.2, 0) is 11.2 Å². The van der Waals surface area contributed by atoms with Crippen molar-refractivity contribution in [3.8, 4) is 28.6 Å². The predicted molar refractivity (Wildman–Crippen MR) is 105 cm³/mol. The second-order valence-electron chi connectivity index (χ2n) is 6.97. The third-order valence-corrected chi connectivity index (χ3v) is 5.04. The molecule has 3 aromatic rings. The second-order valence-corrected chi connectivity index (χ2v) is 7.37. The maximum Gasteiger partial charge on any atom is 0.573 e. The summed E-state index contributed by atoms with van der Waals surface area (Å²) in [6.07, 6.45) is -3.64. The number of rotatable bonds is 6. The fraction of sp³-hybridized carbons (Fsp3) is 0.250. The number of fused-ring (bicyclic) bond motifs is 1. The summed E-state index contributed by atoms with van der Waals surface area (Å²) in [4.78, 5) is 15.0. The number of benzene rings is 2. The van der Waals surface area contributed by atoms with Crippen LogP contribution in [0.15, 0.2) is 40.9 Å². The topological polar surface area (TPSA) is 97.5 Å². The minimum atomic E-state index is -4.89. The van der Waals surface area contributed by atoms with Crippen molar-refractivity contribution in [3.05, 3.63) is 47.0 Å². The van der Waals surface area contributed by atoms with E-state index < -0.39 is 18.1 Å². The Balaban J connectivity index is 1.54. The van der Waals surface area contributed by atoms with Crippen LogP contribution < -0.4 is 10.1 Å². The largest absolute Gasteiger partial charge is 0.573 e. The highest BCUT2D eigenvalue weighted by molar-refractivity contribution is 6.32. The van der Waals surface area contributed by atoms with Crippen LogP contribution in [0.25, 0.3) is 22.8 Å². The number of hydrogen-bond acceptors (Lipinski definition) is 6. The molecule has 0 aliphatic carbocycles. The molecule has 0 saturated carbocycles. The lowest BCUT2D eigenvalue weighted by Gasteiger charge is -2.10. The standard InChI is InChI=1S/C20H15ClF3N3O4/c21-14-4-1-11(9-16(14)30-20(22,23)24)19-26-18(27-31-19)10-2-5-15-12(7-10)8-13(25-15)3-6-17(28)29/h1-2,4-5,7,9,13,25H,3,6,8H2,(H,28,29)/t13-/m0/s1. The number of alkyl halides is 3. The smallest absolute Gasteiger partial charge is 0.481 e. The molecule has 4 rings (SSSR count). The average Bonchev–Trinajstić information content (AvgIpc) is 3.33. The van der Waals surface area contributed by atoms with Gasteiger partial charge in [0.1, 0.15) is 5.75 Å². The van der Waals surface area contributed by atoms with Gasteiger partial charge in [0.2, 0.25) is 5.82 Å². The number of hydrogen-bond donors (Lipinski definition) is 2. The molecule has 0 saturated heterocycles. The molecule has 2 aromatic carbocycles. The summed E-state index contributed by atoms with van der Waals surface area (Å²) in [7, 11) is 0. The van der Waals surface area contributed by atoms with E-state index in [9.17, 15) is 18.0 Å². The highest BCUT2D eigenvalue weighted by Gasteiger charge is 2.32. The van der Waals surface area contributed by atoms with Crippen LogP contribution in [0.3, 0.4) is 0 Å². The number of carboxylic acid groups (broad SMARTS) is 1. The van der Waals surface area contributed by atoms with Gasteiger partial charge in [-0.2, -0.15) is 4.98 Å². The molecule has 0 spiro atoms. The lowest BCUT2D eigenvalue weighted by atomic mass is 10.0. The molecule has 11 heteroatoms. The summed E-state index contributed by atoms with van der Waals surface area (Å²) in [5.74, 6) is -1.14. The number of carboxylic acids is 1. The van der Waals surface area contributed by atoms with Crippen LogP contribution in [-0.4, -0.2) is 33.6 Å². The van der Waals surface area contributed by atoms with E-state index >= 15 is 0 Å². The van der Waals surface area contributed by atoms with E-state index in [0.717, 1.165) is 17.3 Å². The van der Waals surface area contributed by atoms with Gasteiger partial charge in [-0.25, -0.2) is 0 Å². The maximum absolute atomic E-state index is 12.5. The highest BCUT2D eigenvalue weighted by Crippen LogP contribution is 2.35. The first-order valence-electron chi connectivity index (χ1n) is 9.19. The molecule has 2 N–H and O–H groups in total. The van der Waals surface area contributed by atoms with Crippen molar-refractivity contribution in [2.75, 3.05) is 5.32 Å². The quantitative estimate of drug-likeness (QED) is 0.532. The number of halogens is 4. The summed E-state index contributed by atoms with van der Waals surface area (Å²) in [5, 5.41) is 15.8. The van der Waals surface area contributed by atoms with Gasteiger partial charge >= 0.3 is 12.3 Å². The molecule has 0 unspecified atom stereocenters. The van der Waals surface area contributed by atoms with E-state index in [4.69, 9.17) is 21.2 Å². The van der Waals surface area contributed by atoms with Crippen molar-refractivity contribution < 1.29 is 32.3 Å². The Labute approximate surface area is 178 Å². The summed E-state index contributed by atoms with van der Waals surface area (Å²) in [6.45, 7) is 0. The number of aromatic nitrogens is 2. The Kier molecular flexibility index (Phi) is 5.48. The second kappa shape index (κ2) is 8.10. The third-order valence-electron chi connectivity index (χ3n) is 4.73. The maximum atomic E-state index is 12.5. The number of anilines is 1. The van der Waals surface area contributed by atoms with Crippen molar-refractivity contribution in [1.82, 2.24) is 10.1 Å². The van der Waals surface area contributed by atoms with E-state index in [0.29, 0.717) is 18.4 Å². The van der Waals surface area contributed by atoms with Crippen molar-refractivity contribution in [2.45, 2.75) is 31.7 Å². The SMILES string of the molecule is O=C(O)CC[C@H]1Cc2cc(-c3noc(-c4ccc(Cl)c(OC(F)(F)F)c4)n3)ccc2N1. The fourth-order valence-electron chi connectivity index (χ4n) is 3.35. The first-order valence-corrected chi connectivity index (χ1v) is 9.57. The zero-order chi connectivity index (χ0) is 22.2. The lowest BCUT2D eigenvalue weighted by molar-refractivity contribution is -0.274. The van der Waals surface area contributed by atoms with Crippen LogP contribution in [0.2, 0.25) is 5.02 Å². The molecule has 0 fully saturated rings. The average molecular weight is 454 g/mol. The Morgan fingerprint density at radius 3 is 2.77 bits per heavy atom. The zero-order valence-corrected chi connectivity index (χ0v) is 16.5. The monoisotopic (exact) mass is 453 g/mol. The van der Waals surface area contributed by atoms with Crippen molar-refractivity contribution in [1.29, 1.82) is 0 Å². The van der Waals surface area contributed by atoms with E-state index in [1.807, 2.05) is 12.1 Å². The number of aliphatic carboxylic acids is 1. The Morgan fingerprint density at radius 2 is 2.03 bits per heavy atom. The molecule has 1 aliphatic heterocycles. The molecule has 31 heavy (non-hydrogen) atoms. The molecule has 2 heterocycles. The number of ether oxygens (including phenoxy) is 1. The van der Waals surface area contributed by atoms with Crippen molar-refractivity contribution >= 4 is 23.3 Å². The first-order chi connectivity index (χ1) is 14.7. The Hall–Kier alpha value is -3.27.